The van der Waals surface area contributed by atoms with Crippen molar-refractivity contribution in [1.29, 1.82) is 0 Å². The molecule has 2 rings (SSSR count). The van der Waals surface area contributed by atoms with Crippen molar-refractivity contribution in [2.75, 3.05) is 23.4 Å². The molecule has 0 aliphatic carbocycles. The summed E-state index contributed by atoms with van der Waals surface area (Å²) in [4.78, 5) is 35.7. The molecule has 0 bridgehead atoms. The number of rotatable bonds is 6. The molecule has 0 saturated heterocycles. The fourth-order valence-electron chi connectivity index (χ4n) is 2.26. The number of carboxylic acid groups (broad SMARTS) is 1. The minimum Gasteiger partial charge on any atom is -0.481 e. The normalized spacial score (nSPS) is 16.5. The van der Waals surface area contributed by atoms with Crippen molar-refractivity contribution < 1.29 is 29.3 Å². The standard InChI is InChI=1S/C15H18N2O6/c1-9-15(22)17(6-7-18)11-8-10(2-3-12(11)23-9)16-13(19)4-5-14(20)21/h2-3,8-9,18H,4-7H2,1H3,(H,16,19)(H,20,21). The number of carboxylic acids is 1. The lowest BCUT2D eigenvalue weighted by Gasteiger charge is -2.32. The van der Waals surface area contributed by atoms with E-state index in [1.165, 1.54) is 4.90 Å². The number of fused-ring (bicyclic) bond motifs is 1. The van der Waals surface area contributed by atoms with Gasteiger partial charge in [-0.2, -0.15) is 0 Å². The minimum absolute atomic E-state index is 0.121. The van der Waals surface area contributed by atoms with Crippen LogP contribution in [-0.4, -0.2) is 47.3 Å². The summed E-state index contributed by atoms with van der Waals surface area (Å²) in [5, 5.41) is 20.3. The number of anilines is 2. The molecule has 1 aliphatic rings. The van der Waals surface area contributed by atoms with E-state index < -0.39 is 18.0 Å². The second-order valence-corrected chi connectivity index (χ2v) is 5.10. The van der Waals surface area contributed by atoms with E-state index in [1.807, 2.05) is 0 Å². The molecule has 2 amide bonds. The maximum Gasteiger partial charge on any atom is 0.303 e. The second kappa shape index (κ2) is 7.10. The molecule has 1 aliphatic heterocycles. The summed E-state index contributed by atoms with van der Waals surface area (Å²) in [5.74, 6) is -1.28. The summed E-state index contributed by atoms with van der Waals surface area (Å²) in [7, 11) is 0. The van der Waals surface area contributed by atoms with Gasteiger partial charge in [0, 0.05) is 18.7 Å². The first-order chi connectivity index (χ1) is 10.9. The molecule has 8 nitrogen and oxygen atoms in total. The Morgan fingerprint density at radius 2 is 2.09 bits per heavy atom. The largest absolute Gasteiger partial charge is 0.481 e. The first-order valence-corrected chi connectivity index (χ1v) is 7.17. The Labute approximate surface area is 132 Å². The number of hydrogen-bond acceptors (Lipinski definition) is 5. The smallest absolute Gasteiger partial charge is 0.303 e. The number of β-amino-alcohol motifs (C(OH)–C–C–N with tert-alkyl or cyclic N) is 1. The summed E-state index contributed by atoms with van der Waals surface area (Å²) >= 11 is 0. The lowest BCUT2D eigenvalue weighted by atomic mass is 10.1. The van der Waals surface area contributed by atoms with Gasteiger partial charge < -0.3 is 25.2 Å². The van der Waals surface area contributed by atoms with Crippen LogP contribution in [-0.2, 0) is 14.4 Å². The van der Waals surface area contributed by atoms with E-state index in [1.54, 1.807) is 25.1 Å². The van der Waals surface area contributed by atoms with E-state index in [9.17, 15) is 14.4 Å². The van der Waals surface area contributed by atoms with Gasteiger partial charge in [0.2, 0.25) is 5.91 Å². The van der Waals surface area contributed by atoms with E-state index >= 15 is 0 Å². The third-order valence-electron chi connectivity index (χ3n) is 3.34. The molecule has 8 heteroatoms. The molecule has 0 radical (unpaired) electrons. The number of nitrogens with zero attached hydrogens (tertiary/aromatic N) is 1. The lowest BCUT2D eigenvalue weighted by molar-refractivity contribution is -0.138. The van der Waals surface area contributed by atoms with Crippen molar-refractivity contribution in [2.45, 2.75) is 25.9 Å². The number of amides is 2. The van der Waals surface area contributed by atoms with Gasteiger partial charge in [-0.15, -0.1) is 0 Å². The van der Waals surface area contributed by atoms with Gasteiger partial charge in [-0.25, -0.2) is 0 Å². The first kappa shape index (κ1) is 16.8. The zero-order valence-electron chi connectivity index (χ0n) is 12.6. The fourth-order valence-corrected chi connectivity index (χ4v) is 2.26. The molecule has 3 N–H and O–H groups in total. The summed E-state index contributed by atoms with van der Waals surface area (Å²) < 4.78 is 5.50. The third kappa shape index (κ3) is 3.98. The van der Waals surface area contributed by atoms with Crippen LogP contribution >= 0.6 is 0 Å². The summed E-state index contributed by atoms with van der Waals surface area (Å²) in [6.07, 6.45) is -1.05. The molecular weight excluding hydrogens is 304 g/mol. The maximum atomic E-state index is 12.1. The van der Waals surface area contributed by atoms with Crippen LogP contribution in [0.1, 0.15) is 19.8 Å². The Kier molecular flexibility index (Phi) is 5.17. The molecule has 1 aromatic carbocycles. The van der Waals surface area contributed by atoms with Crippen molar-refractivity contribution in [3.63, 3.8) is 0 Å². The van der Waals surface area contributed by atoms with Gasteiger partial charge in [-0.05, 0) is 25.1 Å². The quantitative estimate of drug-likeness (QED) is 0.706. The highest BCUT2D eigenvalue weighted by molar-refractivity contribution is 6.01. The van der Waals surface area contributed by atoms with E-state index in [0.29, 0.717) is 17.1 Å². The van der Waals surface area contributed by atoms with Crippen LogP contribution in [0.4, 0.5) is 11.4 Å². The van der Waals surface area contributed by atoms with Crippen molar-refractivity contribution >= 4 is 29.2 Å². The van der Waals surface area contributed by atoms with Gasteiger partial charge in [0.05, 0.1) is 18.7 Å². The zero-order valence-corrected chi connectivity index (χ0v) is 12.6. The van der Waals surface area contributed by atoms with Crippen LogP contribution in [0.25, 0.3) is 0 Å². The molecular formula is C15H18N2O6. The lowest BCUT2D eigenvalue weighted by Crippen LogP contribution is -2.45. The number of benzene rings is 1. The molecule has 1 unspecified atom stereocenters. The number of carbonyl (C=O) groups is 3. The summed E-state index contributed by atoms with van der Waals surface area (Å²) in [6, 6.07) is 4.79. The summed E-state index contributed by atoms with van der Waals surface area (Å²) in [5.41, 5.74) is 0.881. The van der Waals surface area contributed by atoms with Gasteiger partial charge in [0.1, 0.15) is 5.75 Å². The first-order valence-electron chi connectivity index (χ1n) is 7.17. The maximum absolute atomic E-state index is 12.1. The number of aliphatic carboxylic acids is 1. The average Bonchev–Trinajstić information content (AvgIpc) is 2.50. The summed E-state index contributed by atoms with van der Waals surface area (Å²) in [6.45, 7) is 1.54. The predicted octanol–water partition coefficient (Wildman–Crippen LogP) is 0.596. The number of ether oxygens (including phenoxy) is 1. The molecule has 0 fully saturated rings. The number of aliphatic hydroxyl groups excluding tert-OH is 1. The van der Waals surface area contributed by atoms with Gasteiger partial charge in [0.15, 0.2) is 6.10 Å². The van der Waals surface area contributed by atoms with E-state index in [4.69, 9.17) is 14.9 Å². The molecule has 0 saturated carbocycles. The van der Waals surface area contributed by atoms with E-state index in [-0.39, 0.29) is 31.9 Å². The van der Waals surface area contributed by atoms with Gasteiger partial charge >= 0.3 is 5.97 Å². The molecule has 1 heterocycles. The minimum atomic E-state index is -1.05. The fraction of sp³-hybridized carbons (Fsp3) is 0.400. The molecule has 0 spiro atoms. The molecule has 124 valence electrons. The third-order valence-corrected chi connectivity index (χ3v) is 3.34. The Morgan fingerprint density at radius 3 is 2.74 bits per heavy atom. The van der Waals surface area contributed by atoms with Crippen LogP contribution in [0, 0.1) is 0 Å². The molecule has 1 aromatic rings. The van der Waals surface area contributed by atoms with Crippen LogP contribution in [0.15, 0.2) is 18.2 Å². The van der Waals surface area contributed by atoms with Crippen LogP contribution in [0.2, 0.25) is 0 Å². The topological polar surface area (TPSA) is 116 Å². The van der Waals surface area contributed by atoms with Crippen LogP contribution < -0.4 is 15.0 Å². The molecule has 0 aromatic heterocycles. The number of nitrogens with one attached hydrogen (secondary N) is 1. The van der Waals surface area contributed by atoms with Gasteiger partial charge in [0.25, 0.3) is 5.91 Å². The van der Waals surface area contributed by atoms with E-state index in [2.05, 4.69) is 5.32 Å². The Bertz CT molecular complexity index is 630. The van der Waals surface area contributed by atoms with Crippen molar-refractivity contribution in [3.05, 3.63) is 18.2 Å². The average molecular weight is 322 g/mol. The van der Waals surface area contributed by atoms with E-state index in [0.717, 1.165) is 0 Å². The Hall–Kier alpha value is -2.61. The molecule has 1 atom stereocenters. The number of carbonyl (C=O) groups excluding carboxylic acids is 2. The SMILES string of the molecule is CC1Oc2ccc(NC(=O)CCC(=O)O)cc2N(CCO)C1=O. The highest BCUT2D eigenvalue weighted by atomic mass is 16.5. The highest BCUT2D eigenvalue weighted by Crippen LogP contribution is 2.36. The number of aliphatic hydroxyl groups is 1. The monoisotopic (exact) mass is 322 g/mol. The van der Waals surface area contributed by atoms with Crippen molar-refractivity contribution in [3.8, 4) is 5.75 Å². The second-order valence-electron chi connectivity index (χ2n) is 5.10. The van der Waals surface area contributed by atoms with Crippen LogP contribution in [0.5, 0.6) is 5.75 Å². The Balaban J connectivity index is 2.18. The molecule has 23 heavy (non-hydrogen) atoms. The van der Waals surface area contributed by atoms with Gasteiger partial charge in [-0.1, -0.05) is 0 Å². The van der Waals surface area contributed by atoms with Gasteiger partial charge in [-0.3, -0.25) is 14.4 Å². The zero-order chi connectivity index (χ0) is 17.0. The number of hydrogen-bond donors (Lipinski definition) is 3. The predicted molar refractivity (Wildman–Crippen MR) is 81.5 cm³/mol. The highest BCUT2D eigenvalue weighted by Gasteiger charge is 2.31. The van der Waals surface area contributed by atoms with Crippen molar-refractivity contribution in [1.82, 2.24) is 0 Å². The van der Waals surface area contributed by atoms with Crippen LogP contribution in [0.3, 0.4) is 0 Å². The Morgan fingerprint density at radius 1 is 1.35 bits per heavy atom. The van der Waals surface area contributed by atoms with Crippen molar-refractivity contribution in [2.24, 2.45) is 0 Å².